The van der Waals surface area contributed by atoms with Gasteiger partial charge in [-0.3, -0.25) is 29.8 Å². The van der Waals surface area contributed by atoms with Crippen molar-refractivity contribution in [1.29, 1.82) is 0 Å². The van der Waals surface area contributed by atoms with Crippen LogP contribution in [0, 0.1) is 15.5 Å². The van der Waals surface area contributed by atoms with E-state index in [-0.39, 0.29) is 12.1 Å². The number of hydrogen-bond acceptors (Lipinski definition) is 9. The number of carbonyl (C=O) groups is 4. The van der Waals surface area contributed by atoms with Gasteiger partial charge in [0.2, 0.25) is 5.91 Å². The van der Waals surface area contributed by atoms with Crippen LogP contribution in [0.15, 0.2) is 54.6 Å². The highest BCUT2D eigenvalue weighted by Crippen LogP contribution is 2.45. The number of nitro groups is 1. The highest BCUT2D eigenvalue weighted by molar-refractivity contribution is 6.27. The second-order valence-corrected chi connectivity index (χ2v) is 9.55. The first-order valence-electron chi connectivity index (χ1n) is 11.3. The molecule has 0 radical (unpaired) electrons. The molecule has 7 N–H and O–H groups in total. The second kappa shape index (κ2) is 11.7. The van der Waals surface area contributed by atoms with Gasteiger partial charge in [-0.05, 0) is 44.9 Å². The third kappa shape index (κ3) is 7.92. The number of nitro benzene ring substituents is 1. The van der Waals surface area contributed by atoms with Gasteiger partial charge in [-0.25, -0.2) is 4.79 Å². The fraction of sp³-hybridized carbons (Fsp3) is 0.360. The largest absolute Gasteiger partial charge is 0.444 e. The van der Waals surface area contributed by atoms with Crippen molar-refractivity contribution in [2.75, 3.05) is 5.32 Å². The third-order valence-electron chi connectivity index (χ3n) is 5.42. The minimum atomic E-state index is -1.50. The summed E-state index contributed by atoms with van der Waals surface area (Å²) in [6.07, 6.45) is -0.666. The van der Waals surface area contributed by atoms with Crippen LogP contribution in [-0.4, -0.2) is 46.2 Å². The van der Waals surface area contributed by atoms with Gasteiger partial charge in [0, 0.05) is 24.2 Å². The normalized spacial score (nSPS) is 19.1. The Labute approximate surface area is 213 Å². The second-order valence-electron chi connectivity index (χ2n) is 9.55. The summed E-state index contributed by atoms with van der Waals surface area (Å²) >= 11 is 0. The molecule has 198 valence electrons. The summed E-state index contributed by atoms with van der Waals surface area (Å²) in [5.41, 5.74) is 15.8. The van der Waals surface area contributed by atoms with E-state index >= 15 is 0 Å². The van der Waals surface area contributed by atoms with Crippen LogP contribution in [0.4, 0.5) is 16.2 Å². The van der Waals surface area contributed by atoms with Gasteiger partial charge < -0.3 is 21.9 Å². The Balaban J connectivity index is 0.000000264. The van der Waals surface area contributed by atoms with Crippen LogP contribution in [0.25, 0.3) is 0 Å². The fourth-order valence-electron chi connectivity index (χ4n) is 3.58. The molecule has 2 amide bonds. The lowest BCUT2D eigenvalue weighted by molar-refractivity contribution is -0.384. The Hall–Kier alpha value is -4.16. The number of carbonyl (C=O) groups excluding carboxylic acids is 4. The average molecular weight is 514 g/mol. The number of hydrogen-bond donors (Lipinski definition) is 4. The molecule has 0 aromatic heterocycles. The van der Waals surface area contributed by atoms with Gasteiger partial charge in [-0.1, -0.05) is 30.3 Å². The van der Waals surface area contributed by atoms with Crippen LogP contribution in [0.2, 0.25) is 0 Å². The number of ether oxygens (including phenoxy) is 1. The van der Waals surface area contributed by atoms with Crippen molar-refractivity contribution in [3.8, 4) is 0 Å². The summed E-state index contributed by atoms with van der Waals surface area (Å²) in [5.74, 6) is -1.69. The molecule has 3 unspecified atom stereocenters. The summed E-state index contributed by atoms with van der Waals surface area (Å²) in [6.45, 7) is 5.26. The molecule has 2 aromatic carbocycles. The van der Waals surface area contributed by atoms with Crippen molar-refractivity contribution in [2.24, 2.45) is 22.6 Å². The third-order valence-corrected chi connectivity index (χ3v) is 5.42. The van der Waals surface area contributed by atoms with Crippen molar-refractivity contribution >= 4 is 34.9 Å². The predicted molar refractivity (Wildman–Crippen MR) is 135 cm³/mol. The van der Waals surface area contributed by atoms with E-state index in [1.54, 1.807) is 20.8 Å². The first-order chi connectivity index (χ1) is 17.2. The molecule has 0 heterocycles. The minimum Gasteiger partial charge on any atom is -0.444 e. The quantitative estimate of drug-likeness (QED) is 0.230. The van der Waals surface area contributed by atoms with Gasteiger partial charge in [-0.2, -0.15) is 0 Å². The molecular weight excluding hydrogens is 482 g/mol. The van der Waals surface area contributed by atoms with Gasteiger partial charge in [0.15, 0.2) is 11.6 Å². The van der Waals surface area contributed by atoms with Crippen LogP contribution >= 0.6 is 0 Å². The zero-order valence-corrected chi connectivity index (χ0v) is 20.8. The number of nitrogens with zero attached hydrogens (tertiary/aromatic N) is 1. The molecule has 1 aliphatic carbocycles. The molecule has 12 nitrogen and oxygen atoms in total. The van der Waals surface area contributed by atoms with Crippen LogP contribution in [0.3, 0.4) is 0 Å². The molecular formula is C25H31N5O7. The number of benzene rings is 2. The molecule has 1 aliphatic rings. The van der Waals surface area contributed by atoms with Crippen LogP contribution in [0.5, 0.6) is 0 Å². The van der Waals surface area contributed by atoms with Gasteiger partial charge in [0.1, 0.15) is 11.0 Å². The molecule has 0 spiro atoms. The van der Waals surface area contributed by atoms with Gasteiger partial charge >= 0.3 is 6.09 Å². The number of amides is 2. The Morgan fingerprint density at radius 2 is 1.65 bits per heavy atom. The van der Waals surface area contributed by atoms with E-state index in [4.69, 9.17) is 21.9 Å². The Morgan fingerprint density at radius 3 is 2.08 bits per heavy atom. The highest BCUT2D eigenvalue weighted by atomic mass is 16.6. The lowest BCUT2D eigenvalue weighted by atomic mass is 9.88. The maximum absolute atomic E-state index is 12.4. The van der Waals surface area contributed by atoms with E-state index in [1.165, 1.54) is 24.3 Å². The standard InChI is InChI=1S/C14H17N3O3.C11H14N2O4/c15-9(6-8-4-2-1-3-5-8)12(19)14(7-10(16)18)11(17)13(14)20;1-11(2,3)17-10(14)12-8-4-6-9(7-5-8)13(15)16/h1-5,9,11H,6-7,15,17H2,(H2,16,18);4-7H,1-3H3,(H,12,14). The summed E-state index contributed by atoms with van der Waals surface area (Å²) in [5, 5.41) is 12.9. The molecule has 0 bridgehead atoms. The molecule has 0 aliphatic heterocycles. The molecule has 3 rings (SSSR count). The average Bonchev–Trinajstić information content (AvgIpc) is 3.31. The topological polar surface area (TPSA) is 211 Å². The van der Waals surface area contributed by atoms with Crippen LogP contribution < -0.4 is 22.5 Å². The van der Waals surface area contributed by atoms with E-state index in [9.17, 15) is 29.3 Å². The smallest absolute Gasteiger partial charge is 0.412 e. The number of nitrogens with two attached hydrogens (primary N) is 3. The first-order valence-corrected chi connectivity index (χ1v) is 11.3. The van der Waals surface area contributed by atoms with E-state index in [1.807, 2.05) is 30.3 Å². The van der Waals surface area contributed by atoms with E-state index in [0.29, 0.717) is 12.1 Å². The molecule has 3 atom stereocenters. The van der Waals surface area contributed by atoms with Gasteiger partial charge in [-0.15, -0.1) is 0 Å². The lowest BCUT2D eigenvalue weighted by Gasteiger charge is -2.19. The summed E-state index contributed by atoms with van der Waals surface area (Å²) in [7, 11) is 0. The Morgan fingerprint density at radius 1 is 1.11 bits per heavy atom. The monoisotopic (exact) mass is 513 g/mol. The predicted octanol–water partition coefficient (Wildman–Crippen LogP) is 1.84. The molecule has 37 heavy (non-hydrogen) atoms. The van der Waals surface area contributed by atoms with Gasteiger partial charge in [0.05, 0.1) is 17.0 Å². The molecule has 1 saturated carbocycles. The number of non-ortho nitro benzene ring substituents is 1. The Bertz CT molecular complexity index is 1160. The van der Waals surface area contributed by atoms with Gasteiger partial charge in [0.25, 0.3) is 5.69 Å². The number of rotatable bonds is 8. The molecule has 0 saturated heterocycles. The lowest BCUT2D eigenvalue weighted by Crippen LogP contribution is -2.43. The maximum Gasteiger partial charge on any atom is 0.412 e. The fourth-order valence-corrected chi connectivity index (χ4v) is 3.58. The highest BCUT2D eigenvalue weighted by Gasteiger charge is 2.69. The van der Waals surface area contributed by atoms with Crippen LogP contribution in [0.1, 0.15) is 32.8 Å². The maximum atomic E-state index is 12.4. The minimum absolute atomic E-state index is 0.0280. The SMILES string of the molecule is CC(C)(C)OC(=O)Nc1ccc([N+](=O)[O-])cc1.NC(=O)CC1(C(=O)C(N)Cc2ccccc2)C(=O)C1N. The van der Waals surface area contributed by atoms with Crippen molar-refractivity contribution in [1.82, 2.24) is 0 Å². The van der Waals surface area contributed by atoms with Crippen molar-refractivity contribution in [3.05, 3.63) is 70.3 Å². The zero-order valence-electron chi connectivity index (χ0n) is 20.8. The number of primary amides is 1. The van der Waals surface area contributed by atoms with Crippen LogP contribution in [-0.2, 0) is 25.5 Å². The van der Waals surface area contributed by atoms with Crippen molar-refractivity contribution in [3.63, 3.8) is 0 Å². The number of ketones is 2. The zero-order chi connectivity index (χ0) is 28.0. The van der Waals surface area contributed by atoms with Crippen molar-refractivity contribution in [2.45, 2.75) is 51.3 Å². The number of nitrogens with one attached hydrogen (secondary N) is 1. The first kappa shape index (κ1) is 29.1. The summed E-state index contributed by atoms with van der Waals surface area (Å²) in [6, 6.07) is 12.9. The molecule has 1 fully saturated rings. The molecule has 12 heteroatoms. The van der Waals surface area contributed by atoms with E-state index in [0.717, 1.165) is 5.56 Å². The summed E-state index contributed by atoms with van der Waals surface area (Å²) in [4.78, 5) is 56.4. The number of anilines is 1. The van der Waals surface area contributed by atoms with E-state index in [2.05, 4.69) is 5.32 Å². The Kier molecular flexibility index (Phi) is 9.21. The number of Topliss-reactive ketones (excluding diaryl/α,β-unsaturated/α-hetero) is 2. The summed E-state index contributed by atoms with van der Waals surface area (Å²) < 4.78 is 5.04. The van der Waals surface area contributed by atoms with E-state index < -0.39 is 51.6 Å². The molecule has 2 aromatic rings. The van der Waals surface area contributed by atoms with Crippen molar-refractivity contribution < 1.29 is 28.8 Å².